The molecule has 0 spiro atoms. The summed E-state index contributed by atoms with van der Waals surface area (Å²) < 4.78 is 44.1. The van der Waals surface area contributed by atoms with E-state index < -0.39 is 11.7 Å². The van der Waals surface area contributed by atoms with E-state index in [-0.39, 0.29) is 17.9 Å². The van der Waals surface area contributed by atoms with Gasteiger partial charge in [-0.25, -0.2) is 0 Å². The van der Waals surface area contributed by atoms with Crippen LogP contribution >= 0.6 is 0 Å². The molecule has 0 aromatic heterocycles. The van der Waals surface area contributed by atoms with Gasteiger partial charge in [0, 0.05) is 23.5 Å². The van der Waals surface area contributed by atoms with E-state index in [1.54, 1.807) is 24.3 Å². The van der Waals surface area contributed by atoms with E-state index in [0.29, 0.717) is 5.75 Å². The van der Waals surface area contributed by atoms with E-state index in [9.17, 15) is 13.2 Å². The van der Waals surface area contributed by atoms with Gasteiger partial charge in [0.1, 0.15) is 5.75 Å². The molecule has 0 aliphatic carbocycles. The normalized spacial score (nSPS) is 11.2. The molecule has 2 aromatic rings. The highest BCUT2D eigenvalue weighted by atomic mass is 19.4. The first-order chi connectivity index (χ1) is 9.91. The van der Waals surface area contributed by atoms with Crippen LogP contribution < -0.4 is 15.8 Å². The van der Waals surface area contributed by atoms with E-state index in [2.05, 4.69) is 5.32 Å². The van der Waals surface area contributed by atoms with E-state index in [1.165, 1.54) is 19.2 Å². The Morgan fingerprint density at radius 3 is 2.52 bits per heavy atom. The first-order valence-electron chi connectivity index (χ1n) is 6.24. The van der Waals surface area contributed by atoms with Gasteiger partial charge in [-0.2, -0.15) is 13.2 Å². The van der Waals surface area contributed by atoms with Crippen molar-refractivity contribution in [1.82, 2.24) is 0 Å². The molecule has 3 nitrogen and oxygen atoms in total. The number of rotatable bonds is 4. The van der Waals surface area contributed by atoms with Crippen LogP contribution in [0.5, 0.6) is 5.75 Å². The lowest BCUT2D eigenvalue weighted by Gasteiger charge is -2.16. The monoisotopic (exact) mass is 296 g/mol. The smallest absolute Gasteiger partial charge is 0.418 e. The molecule has 21 heavy (non-hydrogen) atoms. The summed E-state index contributed by atoms with van der Waals surface area (Å²) in [5, 5.41) is 2.78. The lowest BCUT2D eigenvalue weighted by Crippen LogP contribution is -2.11. The molecule has 0 saturated heterocycles. The molecule has 0 radical (unpaired) electrons. The number of alkyl halides is 3. The van der Waals surface area contributed by atoms with Gasteiger partial charge in [0.15, 0.2) is 0 Å². The summed E-state index contributed by atoms with van der Waals surface area (Å²) in [5.41, 5.74) is 5.48. The number of nitrogens with one attached hydrogen (secondary N) is 1. The summed E-state index contributed by atoms with van der Waals surface area (Å²) in [7, 11) is 1.52. The van der Waals surface area contributed by atoms with E-state index in [1.807, 2.05) is 0 Å². The molecule has 0 saturated carbocycles. The van der Waals surface area contributed by atoms with Crippen LogP contribution in [0.25, 0.3) is 0 Å². The second-order valence-corrected chi connectivity index (χ2v) is 4.47. The second kappa shape index (κ2) is 5.95. The number of hydrogen-bond acceptors (Lipinski definition) is 3. The SMILES string of the molecule is COc1ccccc1CNc1ccc(N)cc1C(F)(F)F. The summed E-state index contributed by atoms with van der Waals surface area (Å²) in [4.78, 5) is 0. The largest absolute Gasteiger partial charge is 0.496 e. The number of nitrogens with two attached hydrogens (primary N) is 1. The number of ether oxygens (including phenoxy) is 1. The summed E-state index contributed by atoms with van der Waals surface area (Å²) in [6, 6.07) is 10.8. The molecule has 0 amide bonds. The summed E-state index contributed by atoms with van der Waals surface area (Å²) >= 11 is 0. The van der Waals surface area contributed by atoms with Gasteiger partial charge < -0.3 is 15.8 Å². The number of nitrogen functional groups attached to an aromatic ring is 1. The summed E-state index contributed by atoms with van der Waals surface area (Å²) in [5.74, 6) is 0.619. The first-order valence-corrected chi connectivity index (χ1v) is 6.24. The minimum Gasteiger partial charge on any atom is -0.496 e. The lowest BCUT2D eigenvalue weighted by atomic mass is 10.1. The van der Waals surface area contributed by atoms with Crippen LogP contribution in [0.4, 0.5) is 24.5 Å². The van der Waals surface area contributed by atoms with Gasteiger partial charge in [0.05, 0.1) is 12.7 Å². The van der Waals surface area contributed by atoms with E-state index in [0.717, 1.165) is 11.6 Å². The number of para-hydroxylation sites is 1. The Morgan fingerprint density at radius 1 is 1.14 bits per heavy atom. The zero-order valence-electron chi connectivity index (χ0n) is 11.4. The Morgan fingerprint density at radius 2 is 1.86 bits per heavy atom. The third-order valence-corrected chi connectivity index (χ3v) is 3.01. The minimum atomic E-state index is -4.46. The van der Waals surface area contributed by atoms with Crippen molar-refractivity contribution in [2.24, 2.45) is 0 Å². The quantitative estimate of drug-likeness (QED) is 0.841. The highest BCUT2D eigenvalue weighted by Gasteiger charge is 2.33. The summed E-state index contributed by atoms with van der Waals surface area (Å²) in [6.07, 6.45) is -4.46. The number of methoxy groups -OCH3 is 1. The van der Waals surface area contributed by atoms with Gasteiger partial charge in [-0.15, -0.1) is 0 Å². The molecule has 0 atom stereocenters. The number of halogens is 3. The highest BCUT2D eigenvalue weighted by molar-refractivity contribution is 5.59. The van der Waals surface area contributed by atoms with Gasteiger partial charge in [0.2, 0.25) is 0 Å². The van der Waals surface area contributed by atoms with Gasteiger partial charge in [-0.05, 0) is 24.3 Å². The van der Waals surface area contributed by atoms with Crippen molar-refractivity contribution >= 4 is 11.4 Å². The van der Waals surface area contributed by atoms with Crippen molar-refractivity contribution in [3.63, 3.8) is 0 Å². The van der Waals surface area contributed by atoms with Crippen LogP contribution in [-0.2, 0) is 12.7 Å². The maximum absolute atomic E-state index is 13.0. The van der Waals surface area contributed by atoms with Crippen LogP contribution in [0.2, 0.25) is 0 Å². The lowest BCUT2D eigenvalue weighted by molar-refractivity contribution is -0.136. The molecule has 0 aliphatic rings. The Balaban J connectivity index is 2.24. The van der Waals surface area contributed by atoms with E-state index >= 15 is 0 Å². The predicted molar refractivity (Wildman–Crippen MR) is 76.2 cm³/mol. The third kappa shape index (κ3) is 3.59. The fourth-order valence-corrected chi connectivity index (χ4v) is 1.99. The van der Waals surface area contributed by atoms with Gasteiger partial charge >= 0.3 is 6.18 Å². The molecule has 112 valence electrons. The number of hydrogen-bond donors (Lipinski definition) is 2. The zero-order valence-corrected chi connectivity index (χ0v) is 11.4. The Labute approximate surface area is 120 Å². The first kappa shape index (κ1) is 15.0. The van der Waals surface area contributed by atoms with Crippen molar-refractivity contribution in [2.75, 3.05) is 18.2 Å². The Bertz CT molecular complexity index is 627. The van der Waals surface area contributed by atoms with Gasteiger partial charge in [-0.1, -0.05) is 18.2 Å². The van der Waals surface area contributed by atoms with Crippen molar-refractivity contribution in [1.29, 1.82) is 0 Å². The van der Waals surface area contributed by atoms with Crippen LogP contribution in [0.15, 0.2) is 42.5 Å². The van der Waals surface area contributed by atoms with Crippen LogP contribution in [-0.4, -0.2) is 7.11 Å². The zero-order chi connectivity index (χ0) is 15.5. The molecule has 2 rings (SSSR count). The molecular weight excluding hydrogens is 281 g/mol. The fourth-order valence-electron chi connectivity index (χ4n) is 1.99. The van der Waals surface area contributed by atoms with Crippen LogP contribution in [0.3, 0.4) is 0 Å². The van der Waals surface area contributed by atoms with Crippen molar-refractivity contribution in [2.45, 2.75) is 12.7 Å². The molecule has 0 aliphatic heterocycles. The minimum absolute atomic E-state index is 0.0115. The maximum Gasteiger partial charge on any atom is 0.418 e. The molecule has 0 unspecified atom stereocenters. The van der Waals surface area contributed by atoms with E-state index in [4.69, 9.17) is 10.5 Å². The molecule has 0 bridgehead atoms. The van der Waals surface area contributed by atoms with Crippen molar-refractivity contribution in [3.8, 4) is 5.75 Å². The number of benzene rings is 2. The molecule has 6 heteroatoms. The topological polar surface area (TPSA) is 47.3 Å². The van der Waals surface area contributed by atoms with Gasteiger partial charge in [-0.3, -0.25) is 0 Å². The molecule has 3 N–H and O–H groups in total. The summed E-state index contributed by atoms with van der Waals surface area (Å²) in [6.45, 7) is 0.219. The average Bonchev–Trinajstić information content (AvgIpc) is 2.45. The molecular formula is C15H15F3N2O. The molecule has 2 aromatic carbocycles. The van der Waals surface area contributed by atoms with Crippen LogP contribution in [0.1, 0.15) is 11.1 Å². The fraction of sp³-hybridized carbons (Fsp3) is 0.200. The number of anilines is 2. The highest BCUT2D eigenvalue weighted by Crippen LogP contribution is 2.36. The molecule has 0 heterocycles. The third-order valence-electron chi connectivity index (χ3n) is 3.01. The maximum atomic E-state index is 13.0. The Kier molecular flexibility index (Phi) is 4.26. The molecule has 0 fully saturated rings. The Hall–Kier alpha value is -2.37. The van der Waals surface area contributed by atoms with Gasteiger partial charge in [0.25, 0.3) is 0 Å². The predicted octanol–water partition coefficient (Wildman–Crippen LogP) is 3.91. The van der Waals surface area contributed by atoms with Crippen molar-refractivity contribution in [3.05, 3.63) is 53.6 Å². The second-order valence-electron chi connectivity index (χ2n) is 4.47. The average molecular weight is 296 g/mol. The van der Waals surface area contributed by atoms with Crippen LogP contribution in [0, 0.1) is 0 Å². The standard InChI is InChI=1S/C15H15F3N2O/c1-21-14-5-3-2-4-10(14)9-20-13-7-6-11(19)8-12(13)15(16,17)18/h2-8,20H,9,19H2,1H3. The van der Waals surface area contributed by atoms with Crippen molar-refractivity contribution < 1.29 is 17.9 Å².